The minimum absolute atomic E-state index is 0.645. The van der Waals surface area contributed by atoms with E-state index in [1.807, 2.05) is 30.3 Å². The minimum Gasteiger partial charge on any atom is -0.369 e. The van der Waals surface area contributed by atoms with Gasteiger partial charge < -0.3 is 10.6 Å². The van der Waals surface area contributed by atoms with Gasteiger partial charge in [-0.05, 0) is 43.7 Å². The summed E-state index contributed by atoms with van der Waals surface area (Å²) in [5, 5.41) is 0. The average molecular weight is 243 g/mol. The Morgan fingerprint density at radius 3 is 2.72 bits per heavy atom. The Morgan fingerprint density at radius 1 is 1.11 bits per heavy atom. The highest BCUT2D eigenvalue weighted by Gasteiger charge is 2.35. The third kappa shape index (κ3) is 2.22. The first kappa shape index (κ1) is 11.6. The molecule has 0 spiro atoms. The molecule has 1 aliphatic heterocycles. The number of guanidine groups is 1. The number of nitrogens with two attached hydrogens (primary N) is 1. The molecule has 1 aliphatic carbocycles. The van der Waals surface area contributed by atoms with Gasteiger partial charge in [0.25, 0.3) is 0 Å². The average Bonchev–Trinajstić information content (AvgIpc) is 2.87. The molecule has 1 aromatic rings. The maximum Gasteiger partial charge on any atom is 0.196 e. The fourth-order valence-corrected chi connectivity index (χ4v) is 3.44. The molecule has 0 bridgehead atoms. The molecule has 2 unspecified atom stereocenters. The highest BCUT2D eigenvalue weighted by atomic mass is 15.3. The SMILES string of the molecule is NC(=Nc1ccccc1)N1CCCC2CCCC21. The van der Waals surface area contributed by atoms with Crippen LogP contribution in [0.15, 0.2) is 35.3 Å². The van der Waals surface area contributed by atoms with Crippen molar-refractivity contribution in [3.8, 4) is 0 Å². The zero-order chi connectivity index (χ0) is 12.4. The second-order valence-electron chi connectivity index (χ2n) is 5.40. The van der Waals surface area contributed by atoms with Gasteiger partial charge in [0.15, 0.2) is 5.96 Å². The third-order valence-electron chi connectivity index (χ3n) is 4.29. The monoisotopic (exact) mass is 243 g/mol. The van der Waals surface area contributed by atoms with E-state index in [9.17, 15) is 0 Å². The molecule has 1 saturated heterocycles. The number of para-hydroxylation sites is 1. The molecule has 2 atom stereocenters. The standard InChI is InChI=1S/C15H21N3/c16-15(17-13-8-2-1-3-9-13)18-11-5-7-12-6-4-10-14(12)18/h1-3,8-9,12,14H,4-7,10-11H2,(H2,16,17). The molecule has 3 nitrogen and oxygen atoms in total. The molecular weight excluding hydrogens is 222 g/mol. The first-order chi connectivity index (χ1) is 8.84. The lowest BCUT2D eigenvalue weighted by atomic mass is 9.92. The van der Waals surface area contributed by atoms with Crippen LogP contribution in [0.1, 0.15) is 32.1 Å². The number of piperidine rings is 1. The van der Waals surface area contributed by atoms with Crippen LogP contribution in [0.4, 0.5) is 5.69 Å². The molecule has 2 fully saturated rings. The number of hydrogen-bond acceptors (Lipinski definition) is 1. The van der Waals surface area contributed by atoms with E-state index in [2.05, 4.69) is 9.89 Å². The number of benzene rings is 1. The van der Waals surface area contributed by atoms with Gasteiger partial charge in [0.1, 0.15) is 0 Å². The van der Waals surface area contributed by atoms with Crippen LogP contribution in [-0.4, -0.2) is 23.4 Å². The van der Waals surface area contributed by atoms with Crippen molar-refractivity contribution < 1.29 is 0 Å². The zero-order valence-corrected chi connectivity index (χ0v) is 10.8. The van der Waals surface area contributed by atoms with Gasteiger partial charge in [-0.1, -0.05) is 24.6 Å². The Bertz CT molecular complexity index is 427. The molecule has 0 aromatic heterocycles. The van der Waals surface area contributed by atoms with Crippen molar-refractivity contribution >= 4 is 11.6 Å². The lowest BCUT2D eigenvalue weighted by molar-refractivity contribution is 0.189. The van der Waals surface area contributed by atoms with Gasteiger partial charge in [0.05, 0.1) is 5.69 Å². The Hall–Kier alpha value is -1.51. The van der Waals surface area contributed by atoms with Crippen LogP contribution in [0, 0.1) is 5.92 Å². The largest absolute Gasteiger partial charge is 0.369 e. The molecule has 18 heavy (non-hydrogen) atoms. The maximum atomic E-state index is 6.21. The highest BCUT2D eigenvalue weighted by Crippen LogP contribution is 2.36. The lowest BCUT2D eigenvalue weighted by Gasteiger charge is -2.38. The summed E-state index contributed by atoms with van der Waals surface area (Å²) < 4.78 is 0. The van der Waals surface area contributed by atoms with Gasteiger partial charge >= 0.3 is 0 Å². The third-order valence-corrected chi connectivity index (χ3v) is 4.29. The number of likely N-dealkylation sites (tertiary alicyclic amines) is 1. The molecule has 2 N–H and O–H groups in total. The van der Waals surface area contributed by atoms with Crippen molar-refractivity contribution in [3.63, 3.8) is 0 Å². The molecule has 3 heteroatoms. The topological polar surface area (TPSA) is 41.6 Å². The summed E-state index contributed by atoms with van der Waals surface area (Å²) in [6.45, 7) is 1.07. The summed E-state index contributed by atoms with van der Waals surface area (Å²) in [4.78, 5) is 6.90. The van der Waals surface area contributed by atoms with Crippen LogP contribution in [0.3, 0.4) is 0 Å². The molecule has 1 saturated carbocycles. The van der Waals surface area contributed by atoms with Gasteiger partial charge in [0, 0.05) is 12.6 Å². The van der Waals surface area contributed by atoms with Crippen molar-refractivity contribution in [3.05, 3.63) is 30.3 Å². The molecule has 2 aliphatic rings. The molecule has 0 amide bonds. The van der Waals surface area contributed by atoms with Gasteiger partial charge in [0.2, 0.25) is 0 Å². The molecular formula is C15H21N3. The quantitative estimate of drug-likeness (QED) is 0.608. The smallest absolute Gasteiger partial charge is 0.196 e. The molecule has 3 rings (SSSR count). The molecule has 96 valence electrons. The summed E-state index contributed by atoms with van der Waals surface area (Å²) >= 11 is 0. The molecule has 1 heterocycles. The van der Waals surface area contributed by atoms with Crippen LogP contribution in [0.2, 0.25) is 0 Å². The fourth-order valence-electron chi connectivity index (χ4n) is 3.44. The molecule has 0 radical (unpaired) electrons. The van der Waals surface area contributed by atoms with E-state index >= 15 is 0 Å². The van der Waals surface area contributed by atoms with E-state index in [1.54, 1.807) is 0 Å². The summed E-state index contributed by atoms with van der Waals surface area (Å²) in [5.74, 6) is 1.56. The van der Waals surface area contributed by atoms with Crippen LogP contribution in [0.25, 0.3) is 0 Å². The van der Waals surface area contributed by atoms with Gasteiger partial charge in [-0.3, -0.25) is 0 Å². The Balaban J connectivity index is 1.79. The van der Waals surface area contributed by atoms with E-state index in [0.717, 1.165) is 18.2 Å². The number of rotatable bonds is 1. The minimum atomic E-state index is 0.645. The summed E-state index contributed by atoms with van der Waals surface area (Å²) in [6, 6.07) is 10.7. The van der Waals surface area contributed by atoms with Gasteiger partial charge in [-0.15, -0.1) is 0 Å². The normalized spacial score (nSPS) is 28.2. The van der Waals surface area contributed by atoms with Crippen LogP contribution < -0.4 is 5.73 Å². The van der Waals surface area contributed by atoms with Crippen molar-refractivity contribution in [1.82, 2.24) is 4.90 Å². The fraction of sp³-hybridized carbons (Fsp3) is 0.533. The zero-order valence-electron chi connectivity index (χ0n) is 10.8. The maximum absolute atomic E-state index is 6.21. The van der Waals surface area contributed by atoms with E-state index in [0.29, 0.717) is 12.0 Å². The Morgan fingerprint density at radius 2 is 1.89 bits per heavy atom. The van der Waals surface area contributed by atoms with E-state index < -0.39 is 0 Å². The first-order valence-electron chi connectivity index (χ1n) is 7.00. The number of nitrogens with zero attached hydrogens (tertiary/aromatic N) is 2. The summed E-state index contributed by atoms with van der Waals surface area (Å²) in [6.07, 6.45) is 6.64. The Labute approximate surface area is 109 Å². The van der Waals surface area contributed by atoms with Crippen molar-refractivity contribution in [1.29, 1.82) is 0 Å². The van der Waals surface area contributed by atoms with Crippen LogP contribution >= 0.6 is 0 Å². The van der Waals surface area contributed by atoms with E-state index in [1.165, 1.54) is 32.1 Å². The van der Waals surface area contributed by atoms with E-state index in [-0.39, 0.29) is 0 Å². The van der Waals surface area contributed by atoms with Crippen LogP contribution in [-0.2, 0) is 0 Å². The number of fused-ring (bicyclic) bond motifs is 1. The predicted octanol–water partition coefficient (Wildman–Crippen LogP) is 2.90. The highest BCUT2D eigenvalue weighted by molar-refractivity contribution is 5.81. The van der Waals surface area contributed by atoms with Gasteiger partial charge in [-0.2, -0.15) is 0 Å². The predicted molar refractivity (Wildman–Crippen MR) is 74.8 cm³/mol. The van der Waals surface area contributed by atoms with Gasteiger partial charge in [-0.25, -0.2) is 4.99 Å². The second kappa shape index (κ2) is 5.01. The van der Waals surface area contributed by atoms with Crippen molar-refractivity contribution in [2.24, 2.45) is 16.6 Å². The number of hydrogen-bond donors (Lipinski definition) is 1. The summed E-state index contributed by atoms with van der Waals surface area (Å²) in [7, 11) is 0. The van der Waals surface area contributed by atoms with Crippen molar-refractivity contribution in [2.75, 3.05) is 6.54 Å². The Kier molecular flexibility index (Phi) is 3.22. The lowest BCUT2D eigenvalue weighted by Crippen LogP contribution is -2.49. The van der Waals surface area contributed by atoms with Crippen LogP contribution in [0.5, 0.6) is 0 Å². The first-order valence-corrected chi connectivity index (χ1v) is 7.00. The number of aliphatic imine (C=N–C) groups is 1. The van der Waals surface area contributed by atoms with E-state index in [4.69, 9.17) is 5.73 Å². The second-order valence-corrected chi connectivity index (χ2v) is 5.40. The summed E-state index contributed by atoms with van der Waals surface area (Å²) in [5.41, 5.74) is 7.17. The molecule has 1 aromatic carbocycles. The van der Waals surface area contributed by atoms with Crippen molar-refractivity contribution in [2.45, 2.75) is 38.1 Å².